The molecule has 1 unspecified atom stereocenters. The van der Waals surface area contributed by atoms with Crippen molar-refractivity contribution in [3.8, 4) is 11.1 Å². The van der Waals surface area contributed by atoms with Crippen molar-refractivity contribution >= 4 is 22.7 Å². The van der Waals surface area contributed by atoms with Gasteiger partial charge in [0.15, 0.2) is 0 Å². The van der Waals surface area contributed by atoms with Crippen LogP contribution < -0.4 is 9.80 Å². The van der Waals surface area contributed by atoms with Crippen LogP contribution in [0, 0.1) is 41.4 Å². The summed E-state index contributed by atoms with van der Waals surface area (Å²) in [5, 5.41) is 0. The standard InChI is InChI=1S/C69H94N2/c1-45-38-61(70(52-29-30-54-56(43-52)68(17,18)35-34-66(54,13)14)59-42-51(27-26-46(59)2)65(11,12)33-32-63(5,6)7)48(4)62(39-45)71(60-44-57-55(40-47(60)3)67(15,16)36-37-69(57,19)20)58-31-28-50(64(8,9)10)41-53(58)49-24-22-21-23-25-49/h21-25,28-31,38-39,41-44,55H,26-27,32-37,40H2,1-20H3. The maximum Gasteiger partial charge on any atom is 0.0540 e. The second-order valence-electron chi connectivity index (χ2n) is 28.6. The lowest BCUT2D eigenvalue weighted by molar-refractivity contribution is 0.121. The van der Waals surface area contributed by atoms with Crippen LogP contribution in [0.4, 0.5) is 22.7 Å². The Bertz CT molecular complexity index is 2810. The average Bonchev–Trinajstić information content (AvgIpc) is 3.28. The van der Waals surface area contributed by atoms with Crippen molar-refractivity contribution in [1.82, 2.24) is 0 Å². The number of hydrogen-bond donors (Lipinski definition) is 0. The quantitative estimate of drug-likeness (QED) is 0.156. The molecule has 2 heteroatoms. The summed E-state index contributed by atoms with van der Waals surface area (Å²) in [5.74, 6) is 0.520. The Balaban J connectivity index is 1.44. The van der Waals surface area contributed by atoms with E-state index in [9.17, 15) is 0 Å². The molecule has 8 rings (SSSR count). The van der Waals surface area contributed by atoms with Gasteiger partial charge >= 0.3 is 0 Å². The molecule has 0 aliphatic heterocycles. The van der Waals surface area contributed by atoms with Gasteiger partial charge in [0.25, 0.3) is 0 Å². The molecule has 0 heterocycles. The molecule has 1 atom stereocenters. The van der Waals surface area contributed by atoms with Gasteiger partial charge in [-0.25, -0.2) is 0 Å². The van der Waals surface area contributed by atoms with Crippen molar-refractivity contribution in [1.29, 1.82) is 0 Å². The molecule has 4 aliphatic rings. The Morgan fingerprint density at radius 2 is 1.15 bits per heavy atom. The average molecular weight is 952 g/mol. The van der Waals surface area contributed by atoms with Crippen LogP contribution in [0.5, 0.6) is 0 Å². The molecule has 0 aromatic heterocycles. The first kappa shape index (κ1) is 52.8. The summed E-state index contributed by atoms with van der Waals surface area (Å²) in [5.41, 5.74) is 24.2. The molecule has 0 amide bonds. The molecule has 0 N–H and O–H groups in total. The molecular weight excluding hydrogens is 857 g/mol. The van der Waals surface area contributed by atoms with Crippen LogP contribution >= 0.6 is 0 Å². The summed E-state index contributed by atoms with van der Waals surface area (Å²) in [4.78, 5) is 5.42. The van der Waals surface area contributed by atoms with E-state index in [1.54, 1.807) is 11.1 Å². The van der Waals surface area contributed by atoms with E-state index in [0.717, 1.165) is 19.3 Å². The maximum absolute atomic E-state index is 2.71. The molecule has 0 radical (unpaired) electrons. The van der Waals surface area contributed by atoms with Crippen molar-refractivity contribution in [2.24, 2.45) is 27.6 Å². The Labute approximate surface area is 434 Å². The van der Waals surface area contributed by atoms with Crippen LogP contribution in [0.25, 0.3) is 11.1 Å². The van der Waals surface area contributed by atoms with Crippen LogP contribution in [-0.4, -0.2) is 0 Å². The van der Waals surface area contributed by atoms with Gasteiger partial charge in [0, 0.05) is 22.6 Å². The fraction of sp³-hybridized carbons (Fsp3) is 0.536. The van der Waals surface area contributed by atoms with E-state index >= 15 is 0 Å². The second-order valence-corrected chi connectivity index (χ2v) is 28.6. The highest BCUT2D eigenvalue weighted by molar-refractivity contribution is 5.90. The van der Waals surface area contributed by atoms with Crippen LogP contribution in [-0.2, 0) is 16.2 Å². The zero-order valence-electron chi connectivity index (χ0n) is 48.5. The number of rotatable bonds is 10. The van der Waals surface area contributed by atoms with E-state index in [2.05, 4.69) is 239 Å². The molecule has 0 bridgehead atoms. The van der Waals surface area contributed by atoms with E-state index in [0.29, 0.717) is 5.92 Å². The van der Waals surface area contributed by atoms with Crippen molar-refractivity contribution in [3.63, 3.8) is 0 Å². The summed E-state index contributed by atoms with van der Waals surface area (Å²) < 4.78 is 0. The normalized spacial score (nSPS) is 20.8. The van der Waals surface area contributed by atoms with Gasteiger partial charge in [0.05, 0.1) is 17.1 Å². The SMILES string of the molecule is CC1=C(N(c2ccc3c(c2)C(C)(C)CCC3(C)C)c2cc(C)cc(N(C3=C(C)CC4C(=C3)C(C)(C)CCC4(C)C)c3ccc(C(C)(C)C)cc3-c3ccccc3)c2C)C=C(C(C)(C)CCC(C)(C)C)CC1. The molecule has 1 saturated carbocycles. The highest BCUT2D eigenvalue weighted by Crippen LogP contribution is 2.58. The van der Waals surface area contributed by atoms with E-state index in [4.69, 9.17) is 0 Å². The third-order valence-electron chi connectivity index (χ3n) is 18.4. The fourth-order valence-corrected chi connectivity index (χ4v) is 12.8. The predicted octanol–water partition coefficient (Wildman–Crippen LogP) is 20.8. The van der Waals surface area contributed by atoms with Crippen LogP contribution in [0.1, 0.15) is 210 Å². The zero-order valence-corrected chi connectivity index (χ0v) is 48.5. The van der Waals surface area contributed by atoms with Gasteiger partial charge in [-0.3, -0.25) is 0 Å². The summed E-state index contributed by atoms with van der Waals surface area (Å²) in [6.45, 7) is 48.8. The van der Waals surface area contributed by atoms with Gasteiger partial charge in [0.1, 0.15) is 0 Å². The monoisotopic (exact) mass is 951 g/mol. The predicted molar refractivity (Wildman–Crippen MR) is 311 cm³/mol. The second kappa shape index (κ2) is 18.4. The number of fused-ring (bicyclic) bond motifs is 2. The summed E-state index contributed by atoms with van der Waals surface area (Å²) in [7, 11) is 0. The van der Waals surface area contributed by atoms with Crippen LogP contribution in [0.3, 0.4) is 0 Å². The largest absolute Gasteiger partial charge is 0.310 e. The molecule has 380 valence electrons. The number of hydrogen-bond acceptors (Lipinski definition) is 2. The maximum atomic E-state index is 2.71. The number of aryl methyl sites for hydroxylation is 1. The lowest BCUT2D eigenvalue weighted by atomic mass is 9.55. The van der Waals surface area contributed by atoms with E-state index in [1.807, 2.05) is 0 Å². The number of nitrogens with zero attached hydrogens (tertiary/aromatic N) is 2. The van der Waals surface area contributed by atoms with E-state index < -0.39 is 0 Å². The fourth-order valence-electron chi connectivity index (χ4n) is 12.8. The van der Waals surface area contributed by atoms with Gasteiger partial charge in [-0.1, -0.05) is 164 Å². The number of benzene rings is 4. The molecule has 0 spiro atoms. The number of anilines is 4. The van der Waals surface area contributed by atoms with Gasteiger partial charge in [-0.2, -0.15) is 0 Å². The molecule has 71 heavy (non-hydrogen) atoms. The third kappa shape index (κ3) is 10.4. The topological polar surface area (TPSA) is 6.48 Å². The van der Waals surface area contributed by atoms with Crippen molar-refractivity contribution in [2.45, 2.75) is 213 Å². The Morgan fingerprint density at radius 1 is 0.549 bits per heavy atom. The van der Waals surface area contributed by atoms with Crippen LogP contribution in [0.15, 0.2) is 125 Å². The minimum absolute atomic E-state index is 0.00927. The summed E-state index contributed by atoms with van der Waals surface area (Å²) in [6.07, 6.45) is 15.8. The highest BCUT2D eigenvalue weighted by Gasteiger charge is 2.46. The smallest absolute Gasteiger partial charge is 0.0540 e. The van der Waals surface area contributed by atoms with Gasteiger partial charge in [0.2, 0.25) is 0 Å². The first-order valence-electron chi connectivity index (χ1n) is 27.7. The molecule has 4 aromatic carbocycles. The lowest BCUT2D eigenvalue weighted by Gasteiger charge is -2.51. The molecule has 0 saturated heterocycles. The minimum atomic E-state index is -0.00927. The Hall–Kier alpha value is -4.56. The number of allylic oxidation sites excluding steroid dienone is 6. The minimum Gasteiger partial charge on any atom is -0.310 e. The lowest BCUT2D eigenvalue weighted by Crippen LogP contribution is -2.40. The Kier molecular flexibility index (Phi) is 13.7. The van der Waals surface area contributed by atoms with Gasteiger partial charge in [-0.15, -0.1) is 0 Å². The molecule has 1 fully saturated rings. The first-order chi connectivity index (χ1) is 32.8. The highest BCUT2D eigenvalue weighted by atomic mass is 15.2. The third-order valence-corrected chi connectivity index (χ3v) is 18.4. The molecule has 4 aromatic rings. The van der Waals surface area contributed by atoms with Crippen LogP contribution in [0.2, 0.25) is 0 Å². The van der Waals surface area contributed by atoms with Gasteiger partial charge in [-0.05, 0) is 222 Å². The van der Waals surface area contributed by atoms with Crippen molar-refractivity contribution in [3.05, 3.63) is 153 Å². The first-order valence-corrected chi connectivity index (χ1v) is 27.7. The van der Waals surface area contributed by atoms with Crippen molar-refractivity contribution < 1.29 is 0 Å². The Morgan fingerprint density at radius 3 is 1.79 bits per heavy atom. The zero-order chi connectivity index (χ0) is 52.0. The van der Waals surface area contributed by atoms with E-state index in [-0.39, 0.29) is 37.9 Å². The van der Waals surface area contributed by atoms with Gasteiger partial charge < -0.3 is 9.80 Å². The summed E-state index contributed by atoms with van der Waals surface area (Å²) >= 11 is 0. The van der Waals surface area contributed by atoms with Crippen molar-refractivity contribution in [2.75, 3.05) is 9.80 Å². The van der Waals surface area contributed by atoms with E-state index in [1.165, 1.54) is 123 Å². The summed E-state index contributed by atoms with van der Waals surface area (Å²) in [6, 6.07) is 31.1. The molecule has 4 aliphatic carbocycles. The molecular formula is C69H94N2. The molecule has 2 nitrogen and oxygen atoms in total.